The molecule has 0 aromatic rings. The second-order valence-electron chi connectivity index (χ2n) is 2.79. The lowest BCUT2D eigenvalue weighted by atomic mass is 10.1. The molecule has 0 rings (SSSR count). The molecule has 3 N–H and O–H groups in total. The van der Waals surface area contributed by atoms with Crippen molar-refractivity contribution in [1.82, 2.24) is 0 Å². The molecule has 0 aromatic heterocycles. The average Bonchev–Trinajstić information content (AvgIpc) is 2.03. The Morgan fingerprint density at radius 3 is 2.67 bits per heavy atom. The number of nitrogens with one attached hydrogen (secondary N) is 2. The minimum atomic E-state index is -0.649. The van der Waals surface area contributed by atoms with Gasteiger partial charge in [-0.15, -0.1) is 11.6 Å². The number of aliphatic hydroxyl groups is 1. The van der Waals surface area contributed by atoms with Gasteiger partial charge in [0, 0.05) is 5.71 Å². The third-order valence-corrected chi connectivity index (χ3v) is 2.22. The van der Waals surface area contributed by atoms with Crippen LogP contribution in [0.5, 0.6) is 0 Å². The fourth-order valence-corrected chi connectivity index (χ4v) is 0.990. The highest BCUT2D eigenvalue weighted by Crippen LogP contribution is 2.10. The second-order valence-corrected chi connectivity index (χ2v) is 3.26. The molecule has 0 amide bonds. The van der Waals surface area contributed by atoms with Crippen LogP contribution in [0, 0.1) is 10.8 Å². The highest BCUT2D eigenvalue weighted by atomic mass is 35.5. The molecule has 12 heavy (non-hydrogen) atoms. The quantitative estimate of drug-likeness (QED) is 0.334. The summed E-state index contributed by atoms with van der Waals surface area (Å²) >= 11 is 5.71. The molecule has 0 aromatic carbocycles. The van der Waals surface area contributed by atoms with Gasteiger partial charge in [-0.05, 0) is 32.4 Å². The summed E-state index contributed by atoms with van der Waals surface area (Å²) in [5, 5.41) is 22.7. The van der Waals surface area contributed by atoms with Gasteiger partial charge in [0.2, 0.25) is 0 Å². The molecule has 0 aliphatic rings. The Labute approximate surface area is 77.8 Å². The molecule has 0 bridgehead atoms. The molecular weight excluding hydrogens is 176 g/mol. The van der Waals surface area contributed by atoms with Crippen molar-refractivity contribution in [3.05, 3.63) is 0 Å². The number of hydrogen-bond acceptors (Lipinski definition) is 3. The van der Waals surface area contributed by atoms with E-state index < -0.39 is 11.5 Å². The van der Waals surface area contributed by atoms with E-state index in [2.05, 4.69) is 0 Å². The van der Waals surface area contributed by atoms with Gasteiger partial charge in [0.15, 0.2) is 0 Å². The van der Waals surface area contributed by atoms with Gasteiger partial charge in [-0.2, -0.15) is 0 Å². The van der Waals surface area contributed by atoms with Crippen molar-refractivity contribution in [2.45, 2.75) is 37.7 Å². The Morgan fingerprint density at radius 1 is 1.67 bits per heavy atom. The monoisotopic (exact) mass is 190 g/mol. The van der Waals surface area contributed by atoms with Gasteiger partial charge in [0.05, 0.1) is 11.5 Å². The van der Waals surface area contributed by atoms with Crippen LogP contribution >= 0.6 is 11.6 Å². The van der Waals surface area contributed by atoms with Crippen LogP contribution in [0.2, 0.25) is 0 Å². The van der Waals surface area contributed by atoms with Crippen molar-refractivity contribution in [1.29, 1.82) is 10.8 Å². The summed E-state index contributed by atoms with van der Waals surface area (Å²) in [6, 6.07) is 0. The van der Waals surface area contributed by atoms with Gasteiger partial charge in [-0.3, -0.25) is 0 Å². The number of hydrogen-bond donors (Lipinski definition) is 3. The Balaban J connectivity index is 3.63. The molecule has 2 atom stereocenters. The van der Waals surface area contributed by atoms with Crippen molar-refractivity contribution in [2.75, 3.05) is 0 Å². The van der Waals surface area contributed by atoms with Crippen LogP contribution in [0.4, 0.5) is 0 Å². The molecule has 70 valence electrons. The van der Waals surface area contributed by atoms with Crippen LogP contribution in [-0.4, -0.2) is 28.5 Å². The molecule has 0 aliphatic carbocycles. The van der Waals surface area contributed by atoms with Crippen molar-refractivity contribution < 1.29 is 5.11 Å². The SMILES string of the molecule is CC(=N)C(Cl)C(O)CCCC=N. The van der Waals surface area contributed by atoms with E-state index in [0.717, 1.165) is 6.42 Å². The summed E-state index contributed by atoms with van der Waals surface area (Å²) < 4.78 is 0. The molecule has 0 saturated carbocycles. The predicted octanol–water partition coefficient (Wildman–Crippen LogP) is 1.81. The molecule has 0 aliphatic heterocycles. The number of alkyl halides is 1. The maximum Gasteiger partial charge on any atom is 0.0966 e. The van der Waals surface area contributed by atoms with Crippen LogP contribution in [0.15, 0.2) is 0 Å². The van der Waals surface area contributed by atoms with Gasteiger partial charge in [0.1, 0.15) is 0 Å². The minimum Gasteiger partial charge on any atom is -0.391 e. The zero-order valence-electron chi connectivity index (χ0n) is 7.18. The summed E-state index contributed by atoms with van der Waals surface area (Å²) in [6.45, 7) is 1.58. The lowest BCUT2D eigenvalue weighted by molar-refractivity contribution is 0.173. The van der Waals surface area contributed by atoms with Gasteiger partial charge in [-0.25, -0.2) is 0 Å². The maximum atomic E-state index is 9.37. The molecule has 2 unspecified atom stereocenters. The first-order valence-electron chi connectivity index (χ1n) is 3.95. The fourth-order valence-electron chi connectivity index (χ4n) is 0.864. The van der Waals surface area contributed by atoms with Crippen molar-refractivity contribution >= 4 is 23.5 Å². The third kappa shape index (κ3) is 4.46. The van der Waals surface area contributed by atoms with Crippen LogP contribution in [0.1, 0.15) is 26.2 Å². The fraction of sp³-hybridized carbons (Fsp3) is 0.750. The summed E-state index contributed by atoms with van der Waals surface area (Å²) in [4.78, 5) is 0. The molecule has 0 fully saturated rings. The van der Waals surface area contributed by atoms with E-state index in [1.165, 1.54) is 6.21 Å². The first-order chi connectivity index (χ1) is 5.59. The van der Waals surface area contributed by atoms with Crippen molar-refractivity contribution in [3.8, 4) is 0 Å². The standard InChI is InChI=1S/C8H15ClN2O/c1-6(11)8(9)7(12)4-2-3-5-10/h5,7-8,10-12H,2-4H2,1H3. The lowest BCUT2D eigenvalue weighted by Crippen LogP contribution is -2.26. The van der Waals surface area contributed by atoms with Crippen LogP contribution in [0.3, 0.4) is 0 Å². The van der Waals surface area contributed by atoms with Gasteiger partial charge in [0.25, 0.3) is 0 Å². The molecule has 0 spiro atoms. The van der Waals surface area contributed by atoms with Crippen LogP contribution in [0.25, 0.3) is 0 Å². The highest BCUT2D eigenvalue weighted by Gasteiger charge is 2.17. The highest BCUT2D eigenvalue weighted by molar-refractivity contribution is 6.31. The van der Waals surface area contributed by atoms with E-state index in [1.54, 1.807) is 6.92 Å². The molecule has 4 heteroatoms. The first kappa shape index (κ1) is 11.6. The number of rotatable bonds is 6. The average molecular weight is 191 g/mol. The molecular formula is C8H15ClN2O. The third-order valence-electron chi connectivity index (χ3n) is 1.60. The Hall–Kier alpha value is -0.410. The van der Waals surface area contributed by atoms with Crippen molar-refractivity contribution in [3.63, 3.8) is 0 Å². The minimum absolute atomic E-state index is 0.291. The van der Waals surface area contributed by atoms with Crippen molar-refractivity contribution in [2.24, 2.45) is 0 Å². The van der Waals surface area contributed by atoms with E-state index in [9.17, 15) is 5.11 Å². The smallest absolute Gasteiger partial charge is 0.0966 e. The lowest BCUT2D eigenvalue weighted by Gasteiger charge is -2.14. The van der Waals surface area contributed by atoms with E-state index in [-0.39, 0.29) is 0 Å². The van der Waals surface area contributed by atoms with Gasteiger partial charge in [-0.1, -0.05) is 0 Å². The maximum absolute atomic E-state index is 9.37. The first-order valence-corrected chi connectivity index (χ1v) is 4.39. The predicted molar refractivity (Wildman–Crippen MR) is 51.7 cm³/mol. The molecule has 0 saturated heterocycles. The largest absolute Gasteiger partial charge is 0.391 e. The molecule has 0 radical (unpaired) electrons. The Kier molecular flexibility index (Phi) is 5.93. The summed E-state index contributed by atoms with van der Waals surface area (Å²) in [7, 11) is 0. The zero-order valence-corrected chi connectivity index (χ0v) is 7.93. The summed E-state index contributed by atoms with van der Waals surface area (Å²) in [6.07, 6.45) is 2.63. The second kappa shape index (κ2) is 6.14. The molecule has 3 nitrogen and oxygen atoms in total. The summed E-state index contributed by atoms with van der Waals surface area (Å²) in [5.74, 6) is 0. The Bertz CT molecular complexity index is 161. The Morgan fingerprint density at radius 2 is 2.25 bits per heavy atom. The van der Waals surface area contributed by atoms with Crippen LogP contribution < -0.4 is 0 Å². The number of halogens is 1. The normalized spacial score (nSPS) is 15.2. The van der Waals surface area contributed by atoms with Gasteiger partial charge >= 0.3 is 0 Å². The topological polar surface area (TPSA) is 67.9 Å². The summed E-state index contributed by atoms with van der Waals surface area (Å²) in [5.41, 5.74) is 0.291. The van der Waals surface area contributed by atoms with E-state index in [0.29, 0.717) is 18.6 Å². The molecule has 0 heterocycles. The van der Waals surface area contributed by atoms with Crippen LogP contribution in [-0.2, 0) is 0 Å². The van der Waals surface area contributed by atoms with E-state index in [1.807, 2.05) is 0 Å². The van der Waals surface area contributed by atoms with E-state index >= 15 is 0 Å². The van der Waals surface area contributed by atoms with Gasteiger partial charge < -0.3 is 15.9 Å². The number of aliphatic hydroxyl groups excluding tert-OH is 1. The number of unbranched alkanes of at least 4 members (excludes halogenated alkanes) is 1. The zero-order chi connectivity index (χ0) is 9.56. The van der Waals surface area contributed by atoms with E-state index in [4.69, 9.17) is 22.4 Å².